The fourth-order valence-electron chi connectivity index (χ4n) is 0. The van der Waals surface area contributed by atoms with Gasteiger partial charge in [0.15, 0.2) is 5.78 Å². The average Bonchev–Trinajstić information content (AvgIpc) is 1.38. The normalized spacial score (nSPS) is 13.0. The lowest BCUT2D eigenvalue weighted by Gasteiger charge is -1.69. The Kier molecular flexibility index (Phi) is 8.99. The zero-order valence-corrected chi connectivity index (χ0v) is 6.18. The van der Waals surface area contributed by atoms with Crippen LogP contribution in [-0.4, -0.2) is 5.78 Å². The predicted molar refractivity (Wildman–Crippen MR) is 33.0 cm³/mol. The number of hydrogen-bond acceptors (Lipinski definition) is 2. The van der Waals surface area contributed by atoms with Gasteiger partial charge in [-0.25, -0.2) is 0 Å². The highest BCUT2D eigenvalue weighted by molar-refractivity contribution is 8.93. The van der Waals surface area contributed by atoms with Crippen LogP contribution in [0.25, 0.3) is 0 Å². The summed E-state index contributed by atoms with van der Waals surface area (Å²) in [6, 6.07) is 0. The maximum Gasteiger partial charge on any atom is 0.343 e. The van der Waals surface area contributed by atoms with Crippen molar-refractivity contribution in [1.29, 1.82) is 0 Å². The van der Waals surface area contributed by atoms with E-state index in [0.29, 0.717) is 0 Å². The molecule has 0 aliphatic rings. The molecule has 0 amide bonds. The molecule has 0 spiro atoms. The van der Waals surface area contributed by atoms with Crippen molar-refractivity contribution < 1.29 is 4.57 Å². The molecule has 2 N–H and O–H groups in total. The minimum absolute atomic E-state index is 0. The zero-order valence-electron chi connectivity index (χ0n) is 3.47. The van der Waals surface area contributed by atoms with Crippen LogP contribution in [-0.2, 0) is 4.57 Å². The van der Waals surface area contributed by atoms with Crippen molar-refractivity contribution in [2.24, 2.45) is 5.73 Å². The highest BCUT2D eigenvalue weighted by Crippen LogP contribution is 1.92. The molecule has 0 fully saturated rings. The topological polar surface area (TPSA) is 43.1 Å². The first-order chi connectivity index (χ1) is 2.27. The van der Waals surface area contributed by atoms with Crippen LogP contribution in [0.3, 0.4) is 0 Å². The molecule has 2 nitrogen and oxygen atoms in total. The number of nitrogens with two attached hydrogens (primary N) is 1. The van der Waals surface area contributed by atoms with Crippen molar-refractivity contribution >= 4 is 25.4 Å². The first kappa shape index (κ1) is 9.74. The second-order valence-corrected chi connectivity index (χ2v) is 2.05. The van der Waals surface area contributed by atoms with Crippen molar-refractivity contribution in [1.82, 2.24) is 0 Å². The van der Waals surface area contributed by atoms with Crippen molar-refractivity contribution in [3.63, 3.8) is 0 Å². The largest absolute Gasteiger partial charge is 0.343 e. The van der Waals surface area contributed by atoms with Crippen LogP contribution in [0, 0.1) is 0 Å². The third-order valence-electron chi connectivity index (χ3n) is 0.186. The molecule has 2 unspecified atom stereocenters. The monoisotopic (exact) mass is 172 g/mol. The molecule has 0 aromatic heterocycles. The van der Waals surface area contributed by atoms with Gasteiger partial charge >= 0.3 is 8.46 Å². The summed E-state index contributed by atoms with van der Waals surface area (Å²) in [5.41, 5.74) is 4.99. The molecule has 6 heavy (non-hydrogen) atoms. The highest BCUT2D eigenvalue weighted by atomic mass is 79.9. The van der Waals surface area contributed by atoms with E-state index < -0.39 is 0 Å². The summed E-state index contributed by atoms with van der Waals surface area (Å²) in [5, 5.41) is 0. The van der Waals surface area contributed by atoms with Crippen LogP contribution < -0.4 is 5.73 Å². The van der Waals surface area contributed by atoms with Gasteiger partial charge in [0.25, 0.3) is 0 Å². The molecule has 0 aliphatic heterocycles. The molecule has 0 radical (unpaired) electrons. The Hall–Kier alpha value is 0.540. The van der Waals surface area contributed by atoms with Crippen molar-refractivity contribution in [2.75, 3.05) is 0 Å². The fraction of sp³-hybridized carbons (Fsp3) is 1.00. The van der Waals surface area contributed by atoms with E-state index in [1.165, 1.54) is 0 Å². The third kappa shape index (κ3) is 8.82. The quantitative estimate of drug-likeness (QED) is 0.598. The van der Waals surface area contributed by atoms with E-state index in [0.717, 1.165) is 0 Å². The predicted octanol–water partition coefficient (Wildman–Crippen LogP) is 0.893. The van der Waals surface area contributed by atoms with Gasteiger partial charge in [0.2, 0.25) is 0 Å². The standard InChI is InChI=1S/C2H6NOP.BrH/c1-2(3)5-4;/h2H,3H2,1H3;1H/p+1. The molecular formula is C2H8BrNOP+. The second kappa shape index (κ2) is 5.54. The minimum Gasteiger partial charge on any atom is -0.288 e. The number of hydrogen-bond donors (Lipinski definition) is 1. The van der Waals surface area contributed by atoms with Gasteiger partial charge in [-0.2, -0.15) is 0 Å². The van der Waals surface area contributed by atoms with Crippen LogP contribution >= 0.6 is 25.4 Å². The second-order valence-electron chi connectivity index (χ2n) is 0.907. The Balaban J connectivity index is 0. The molecule has 0 rings (SSSR count). The molecule has 0 aromatic rings. The van der Waals surface area contributed by atoms with Gasteiger partial charge in [0, 0.05) is 0 Å². The summed E-state index contributed by atoms with van der Waals surface area (Å²) in [4.78, 5) is 0. The summed E-state index contributed by atoms with van der Waals surface area (Å²) < 4.78 is 9.53. The van der Waals surface area contributed by atoms with Gasteiger partial charge in [0.1, 0.15) is 0 Å². The van der Waals surface area contributed by atoms with E-state index >= 15 is 0 Å². The average molecular weight is 173 g/mol. The van der Waals surface area contributed by atoms with Crippen molar-refractivity contribution in [3.05, 3.63) is 0 Å². The Bertz CT molecular complexity index is 40.5. The van der Waals surface area contributed by atoms with Crippen LogP contribution in [0.1, 0.15) is 6.92 Å². The molecule has 2 atom stereocenters. The molecular weight excluding hydrogens is 165 g/mol. The molecule has 38 valence electrons. The molecule has 0 bridgehead atoms. The van der Waals surface area contributed by atoms with Gasteiger partial charge in [-0.1, -0.05) is 4.57 Å². The Morgan fingerprint density at radius 3 is 2.00 bits per heavy atom. The SMILES string of the molecule is Br.CC(N)[PH+]=O. The summed E-state index contributed by atoms with van der Waals surface area (Å²) in [5.74, 6) is -0.144. The Morgan fingerprint density at radius 2 is 2.00 bits per heavy atom. The molecule has 0 saturated heterocycles. The highest BCUT2D eigenvalue weighted by Gasteiger charge is 1.92. The zero-order chi connectivity index (χ0) is 4.28. The van der Waals surface area contributed by atoms with Crippen molar-refractivity contribution in [3.8, 4) is 0 Å². The summed E-state index contributed by atoms with van der Waals surface area (Å²) in [7, 11) is -0.358. The van der Waals surface area contributed by atoms with Crippen molar-refractivity contribution in [2.45, 2.75) is 12.7 Å². The van der Waals surface area contributed by atoms with E-state index in [2.05, 4.69) is 0 Å². The van der Waals surface area contributed by atoms with Gasteiger partial charge < -0.3 is 0 Å². The summed E-state index contributed by atoms with van der Waals surface area (Å²) >= 11 is 0. The van der Waals surface area contributed by atoms with Gasteiger partial charge in [0.05, 0.1) is 0 Å². The van der Waals surface area contributed by atoms with Crippen LogP contribution in [0.5, 0.6) is 0 Å². The van der Waals surface area contributed by atoms with E-state index in [1.54, 1.807) is 6.92 Å². The number of halogens is 1. The first-order valence-electron chi connectivity index (χ1n) is 1.40. The minimum atomic E-state index is -0.358. The van der Waals surface area contributed by atoms with E-state index in [9.17, 15) is 4.57 Å². The lowest BCUT2D eigenvalue weighted by Crippen LogP contribution is -2.03. The Labute approximate surface area is 49.1 Å². The molecule has 0 saturated carbocycles. The van der Waals surface area contributed by atoms with Gasteiger partial charge in [-0.15, -0.1) is 17.0 Å². The van der Waals surface area contributed by atoms with Crippen LogP contribution in [0.15, 0.2) is 0 Å². The molecule has 0 aliphatic carbocycles. The lowest BCUT2D eigenvalue weighted by atomic mass is 10.8. The number of rotatable bonds is 1. The van der Waals surface area contributed by atoms with Crippen LogP contribution in [0.2, 0.25) is 0 Å². The van der Waals surface area contributed by atoms with E-state index in [-0.39, 0.29) is 31.2 Å². The van der Waals surface area contributed by atoms with E-state index in [4.69, 9.17) is 5.73 Å². The molecule has 0 heterocycles. The smallest absolute Gasteiger partial charge is 0.288 e. The fourth-order valence-corrected chi connectivity index (χ4v) is 0. The Morgan fingerprint density at radius 1 is 1.83 bits per heavy atom. The first-order valence-corrected chi connectivity index (χ1v) is 2.39. The summed E-state index contributed by atoms with van der Waals surface area (Å²) in [6.07, 6.45) is 0. The molecule has 0 aromatic carbocycles. The van der Waals surface area contributed by atoms with Crippen LogP contribution in [0.4, 0.5) is 0 Å². The lowest BCUT2D eigenvalue weighted by molar-refractivity contribution is 0.593. The van der Waals surface area contributed by atoms with Gasteiger partial charge in [-0.3, -0.25) is 5.73 Å². The van der Waals surface area contributed by atoms with Gasteiger partial charge in [-0.05, 0) is 6.92 Å². The molecule has 4 heteroatoms. The van der Waals surface area contributed by atoms with E-state index in [1.807, 2.05) is 0 Å². The maximum atomic E-state index is 9.53. The maximum absolute atomic E-state index is 9.53. The summed E-state index contributed by atoms with van der Waals surface area (Å²) in [6.45, 7) is 1.70. The third-order valence-corrected chi connectivity index (χ3v) is 0.558.